The first-order valence-corrected chi connectivity index (χ1v) is 8.61. The van der Waals surface area contributed by atoms with Crippen LogP contribution in [0.15, 0.2) is 12.3 Å². The summed E-state index contributed by atoms with van der Waals surface area (Å²) in [5.41, 5.74) is 9.08. The van der Waals surface area contributed by atoms with Crippen LogP contribution in [0.25, 0.3) is 10.6 Å². The number of hydrogen-bond donors (Lipinski definition) is 1. The van der Waals surface area contributed by atoms with Crippen molar-refractivity contribution in [1.29, 1.82) is 0 Å². The fraction of sp³-hybridized carbons (Fsp3) is 0.562. The molecular formula is C16H22N4S. The van der Waals surface area contributed by atoms with E-state index < -0.39 is 0 Å². The zero-order valence-corrected chi connectivity index (χ0v) is 13.3. The number of aromatic nitrogens is 3. The topological polar surface area (TPSA) is 64.7 Å². The van der Waals surface area contributed by atoms with Gasteiger partial charge in [-0.15, -0.1) is 10.2 Å². The number of nitrogens with zero attached hydrogens (tertiary/aromatic N) is 3. The number of nitrogen functional groups attached to an aromatic ring is 1. The summed E-state index contributed by atoms with van der Waals surface area (Å²) in [5, 5.41) is 10.0. The minimum absolute atomic E-state index is 0.567. The summed E-state index contributed by atoms with van der Waals surface area (Å²) < 4.78 is 0. The van der Waals surface area contributed by atoms with E-state index in [9.17, 15) is 0 Å². The average Bonchev–Trinajstić information content (AvgIpc) is 2.84. The van der Waals surface area contributed by atoms with Crippen molar-refractivity contribution in [1.82, 2.24) is 15.2 Å². The van der Waals surface area contributed by atoms with E-state index in [4.69, 9.17) is 5.73 Å². The molecule has 5 heteroatoms. The van der Waals surface area contributed by atoms with Crippen LogP contribution >= 0.6 is 11.3 Å². The van der Waals surface area contributed by atoms with Crippen LogP contribution in [0.3, 0.4) is 0 Å². The average molecular weight is 302 g/mol. The third-order valence-corrected chi connectivity index (χ3v) is 5.11. The highest BCUT2D eigenvalue weighted by Crippen LogP contribution is 2.34. The van der Waals surface area contributed by atoms with E-state index in [0.717, 1.165) is 27.0 Å². The summed E-state index contributed by atoms with van der Waals surface area (Å²) in [7, 11) is 0. The van der Waals surface area contributed by atoms with Gasteiger partial charge in [0.25, 0.3) is 0 Å². The summed E-state index contributed by atoms with van der Waals surface area (Å²) in [5.74, 6) is 0.567. The molecule has 1 aliphatic rings. The molecule has 4 nitrogen and oxygen atoms in total. The molecule has 1 saturated carbocycles. The molecule has 21 heavy (non-hydrogen) atoms. The molecule has 0 aromatic carbocycles. The molecule has 0 amide bonds. The Hall–Kier alpha value is -1.49. The van der Waals surface area contributed by atoms with Gasteiger partial charge in [-0.3, -0.25) is 4.98 Å². The van der Waals surface area contributed by atoms with E-state index in [0.29, 0.717) is 5.92 Å². The quantitative estimate of drug-likeness (QED) is 0.897. The van der Waals surface area contributed by atoms with E-state index in [-0.39, 0.29) is 0 Å². The van der Waals surface area contributed by atoms with Gasteiger partial charge in [0, 0.05) is 23.5 Å². The van der Waals surface area contributed by atoms with E-state index >= 15 is 0 Å². The zero-order chi connectivity index (χ0) is 14.7. The van der Waals surface area contributed by atoms with Crippen molar-refractivity contribution in [3.05, 3.63) is 23.0 Å². The Bertz CT molecular complexity index is 600. The highest BCUT2D eigenvalue weighted by atomic mass is 32.1. The van der Waals surface area contributed by atoms with Gasteiger partial charge in [-0.2, -0.15) is 0 Å². The van der Waals surface area contributed by atoms with E-state index in [2.05, 4.69) is 21.2 Å². The Morgan fingerprint density at radius 1 is 1.10 bits per heavy atom. The Morgan fingerprint density at radius 3 is 2.43 bits per heavy atom. The molecule has 112 valence electrons. The smallest absolute Gasteiger partial charge is 0.151 e. The zero-order valence-electron chi connectivity index (χ0n) is 12.5. The van der Waals surface area contributed by atoms with Gasteiger partial charge in [0.1, 0.15) is 5.01 Å². The van der Waals surface area contributed by atoms with Gasteiger partial charge < -0.3 is 5.73 Å². The third-order valence-electron chi connectivity index (χ3n) is 4.24. The van der Waals surface area contributed by atoms with Gasteiger partial charge >= 0.3 is 0 Å². The van der Waals surface area contributed by atoms with Crippen molar-refractivity contribution in [2.24, 2.45) is 0 Å². The molecule has 1 fully saturated rings. The molecule has 2 aromatic rings. The van der Waals surface area contributed by atoms with Crippen molar-refractivity contribution >= 4 is 17.0 Å². The fourth-order valence-corrected chi connectivity index (χ4v) is 3.77. The first-order chi connectivity index (χ1) is 10.2. The predicted molar refractivity (Wildman–Crippen MR) is 87.3 cm³/mol. The number of pyridine rings is 1. The van der Waals surface area contributed by atoms with E-state index in [1.54, 1.807) is 11.3 Å². The van der Waals surface area contributed by atoms with Crippen molar-refractivity contribution in [3.63, 3.8) is 0 Å². The van der Waals surface area contributed by atoms with Crippen molar-refractivity contribution < 1.29 is 0 Å². The molecule has 0 saturated heterocycles. The van der Waals surface area contributed by atoms with Crippen molar-refractivity contribution in [3.8, 4) is 10.6 Å². The molecule has 0 aliphatic heterocycles. The number of aryl methyl sites for hydroxylation is 1. The lowest BCUT2D eigenvalue weighted by Gasteiger charge is -2.19. The molecule has 0 spiro atoms. The van der Waals surface area contributed by atoms with Crippen LogP contribution in [0.2, 0.25) is 0 Å². The lowest BCUT2D eigenvalue weighted by Crippen LogP contribution is -2.06. The predicted octanol–water partition coefficient (Wildman–Crippen LogP) is 4.32. The van der Waals surface area contributed by atoms with Crippen LogP contribution < -0.4 is 5.73 Å². The third kappa shape index (κ3) is 3.40. The summed E-state index contributed by atoms with van der Waals surface area (Å²) in [6.07, 6.45) is 11.1. The standard InChI is InChI=1S/C16H22N4S/c1-11-19-20-16(21-11)13-10-18-15(9-14(13)17)12-7-5-3-2-4-6-8-12/h9-10,12H,2-8H2,1H3,(H2,17,18). The minimum atomic E-state index is 0.567. The lowest BCUT2D eigenvalue weighted by molar-refractivity contribution is 0.450. The van der Waals surface area contributed by atoms with Crippen LogP contribution in [0.4, 0.5) is 5.69 Å². The van der Waals surface area contributed by atoms with Gasteiger partial charge in [0.05, 0.1) is 5.56 Å². The Morgan fingerprint density at radius 2 is 1.81 bits per heavy atom. The maximum Gasteiger partial charge on any atom is 0.151 e. The van der Waals surface area contributed by atoms with Crippen LogP contribution in [-0.4, -0.2) is 15.2 Å². The number of nitrogens with two attached hydrogens (primary N) is 1. The van der Waals surface area contributed by atoms with E-state index in [1.165, 1.54) is 44.9 Å². The first-order valence-electron chi connectivity index (χ1n) is 7.80. The summed E-state index contributed by atoms with van der Waals surface area (Å²) >= 11 is 1.56. The number of hydrogen-bond acceptors (Lipinski definition) is 5. The van der Waals surface area contributed by atoms with Gasteiger partial charge in [0.15, 0.2) is 5.01 Å². The van der Waals surface area contributed by atoms with Crippen LogP contribution in [0.1, 0.15) is 61.6 Å². The van der Waals surface area contributed by atoms with Gasteiger partial charge in [-0.05, 0) is 25.8 Å². The van der Waals surface area contributed by atoms with Crippen LogP contribution in [0.5, 0.6) is 0 Å². The molecule has 0 atom stereocenters. The lowest BCUT2D eigenvalue weighted by atomic mass is 9.88. The second kappa shape index (κ2) is 6.52. The summed E-state index contributed by atoms with van der Waals surface area (Å²) in [6.45, 7) is 1.95. The second-order valence-corrected chi connectivity index (χ2v) is 7.05. The van der Waals surface area contributed by atoms with Crippen LogP contribution in [0, 0.1) is 6.92 Å². The summed E-state index contributed by atoms with van der Waals surface area (Å²) in [4.78, 5) is 4.68. The second-order valence-electron chi connectivity index (χ2n) is 5.86. The Balaban J connectivity index is 1.82. The first kappa shape index (κ1) is 14.4. The van der Waals surface area contributed by atoms with Crippen molar-refractivity contribution in [2.75, 3.05) is 5.73 Å². The van der Waals surface area contributed by atoms with Gasteiger partial charge in [-0.1, -0.05) is 43.4 Å². The Kier molecular flexibility index (Phi) is 4.48. The van der Waals surface area contributed by atoms with Crippen LogP contribution in [-0.2, 0) is 0 Å². The molecule has 2 heterocycles. The number of rotatable bonds is 2. The normalized spacial score (nSPS) is 17.4. The molecule has 0 radical (unpaired) electrons. The molecule has 2 aromatic heterocycles. The molecule has 2 N–H and O–H groups in total. The molecule has 3 rings (SSSR count). The largest absolute Gasteiger partial charge is 0.398 e. The SMILES string of the molecule is Cc1nnc(-c2cnc(C3CCCCCCC3)cc2N)s1. The fourth-order valence-electron chi connectivity index (χ4n) is 3.05. The maximum absolute atomic E-state index is 6.24. The van der Waals surface area contributed by atoms with Gasteiger partial charge in [0.2, 0.25) is 0 Å². The van der Waals surface area contributed by atoms with E-state index in [1.807, 2.05) is 13.1 Å². The molecule has 1 aliphatic carbocycles. The Labute approximate surface area is 129 Å². The summed E-state index contributed by atoms with van der Waals surface area (Å²) in [6, 6.07) is 2.05. The molecule has 0 bridgehead atoms. The van der Waals surface area contributed by atoms with Crippen molar-refractivity contribution in [2.45, 2.75) is 57.8 Å². The number of anilines is 1. The molecule has 0 unspecified atom stereocenters. The maximum atomic E-state index is 6.24. The highest BCUT2D eigenvalue weighted by molar-refractivity contribution is 7.14. The monoisotopic (exact) mass is 302 g/mol. The highest BCUT2D eigenvalue weighted by Gasteiger charge is 2.17. The molecular weight excluding hydrogens is 280 g/mol. The van der Waals surface area contributed by atoms with Gasteiger partial charge in [-0.25, -0.2) is 0 Å². The minimum Gasteiger partial charge on any atom is -0.398 e.